The van der Waals surface area contributed by atoms with E-state index < -0.39 is 12.1 Å². The second-order valence-electron chi connectivity index (χ2n) is 8.42. The summed E-state index contributed by atoms with van der Waals surface area (Å²) in [5.41, 5.74) is 4.66. The van der Waals surface area contributed by atoms with Gasteiger partial charge in [0.15, 0.2) is 0 Å². The molecule has 32 heavy (non-hydrogen) atoms. The summed E-state index contributed by atoms with van der Waals surface area (Å²) in [6.07, 6.45) is 0.128. The quantitative estimate of drug-likeness (QED) is 0.521. The van der Waals surface area contributed by atoms with Crippen LogP contribution in [0, 0.1) is 5.92 Å². The average Bonchev–Trinajstić information content (AvgIpc) is 3.08. The summed E-state index contributed by atoms with van der Waals surface area (Å²) < 4.78 is 5.51. The van der Waals surface area contributed by atoms with Gasteiger partial charge in [-0.3, -0.25) is 9.59 Å². The molecule has 3 N–H and O–H groups in total. The maximum absolute atomic E-state index is 12.3. The summed E-state index contributed by atoms with van der Waals surface area (Å²) >= 11 is 0. The molecule has 0 aromatic heterocycles. The van der Waals surface area contributed by atoms with Crippen molar-refractivity contribution in [3.05, 3.63) is 59.7 Å². The Bertz CT molecular complexity index is 929. The molecule has 0 aliphatic heterocycles. The van der Waals surface area contributed by atoms with E-state index in [1.165, 1.54) is 11.1 Å². The van der Waals surface area contributed by atoms with E-state index in [0.717, 1.165) is 11.1 Å². The van der Waals surface area contributed by atoms with Crippen molar-refractivity contribution in [2.75, 3.05) is 13.2 Å². The molecule has 1 aliphatic rings. The highest BCUT2D eigenvalue weighted by Gasteiger charge is 2.29. The number of nitrogens with one attached hydrogen (secondary N) is 2. The summed E-state index contributed by atoms with van der Waals surface area (Å²) in [6, 6.07) is 16.1. The van der Waals surface area contributed by atoms with Crippen LogP contribution in [0.2, 0.25) is 0 Å². The summed E-state index contributed by atoms with van der Waals surface area (Å²) in [5, 5.41) is 14.2. The number of alkyl carbamates (subject to hydrolysis) is 1. The van der Waals surface area contributed by atoms with Gasteiger partial charge in [0.25, 0.3) is 0 Å². The fourth-order valence-electron chi connectivity index (χ4n) is 4.04. The van der Waals surface area contributed by atoms with Gasteiger partial charge in [0.2, 0.25) is 5.91 Å². The Morgan fingerprint density at radius 2 is 1.59 bits per heavy atom. The Morgan fingerprint density at radius 3 is 2.19 bits per heavy atom. The lowest BCUT2D eigenvalue weighted by Gasteiger charge is -2.17. The van der Waals surface area contributed by atoms with Gasteiger partial charge in [0.05, 0.1) is 0 Å². The molecular formula is C25H30N2O5. The number of carboxylic acid groups (broad SMARTS) is 1. The molecule has 2 aromatic carbocycles. The third kappa shape index (κ3) is 6.09. The van der Waals surface area contributed by atoms with E-state index >= 15 is 0 Å². The molecule has 2 amide bonds. The summed E-state index contributed by atoms with van der Waals surface area (Å²) in [4.78, 5) is 34.9. The van der Waals surface area contributed by atoms with E-state index in [1.54, 1.807) is 6.92 Å². The van der Waals surface area contributed by atoms with Gasteiger partial charge in [-0.05, 0) is 41.5 Å². The molecule has 0 radical (unpaired) electrons. The molecule has 2 aromatic rings. The number of rotatable bonds is 10. The fraction of sp³-hybridized carbons (Fsp3) is 0.400. The monoisotopic (exact) mass is 438 g/mol. The predicted octanol–water partition coefficient (Wildman–Crippen LogP) is 3.92. The van der Waals surface area contributed by atoms with Crippen LogP contribution in [0.4, 0.5) is 4.79 Å². The molecule has 170 valence electrons. The van der Waals surface area contributed by atoms with E-state index in [2.05, 4.69) is 34.9 Å². The first-order chi connectivity index (χ1) is 15.3. The van der Waals surface area contributed by atoms with Crippen molar-refractivity contribution in [2.24, 2.45) is 5.92 Å². The molecule has 0 spiro atoms. The van der Waals surface area contributed by atoms with Crippen molar-refractivity contribution in [1.82, 2.24) is 10.6 Å². The maximum atomic E-state index is 12.3. The number of benzene rings is 2. The molecule has 2 atom stereocenters. The standard InChI is InChI=1S/C25H30N2O5/c1-16(13-23(28)27-17(2)11-12-24(29)30)14-26-25(31)32-15-22-20-9-5-3-7-18(20)19-8-4-6-10-21(19)22/h3-10,16-17,22H,11-15H2,1-2H3,(H,26,31)(H,27,28)(H,29,30). The van der Waals surface area contributed by atoms with E-state index in [-0.39, 0.29) is 43.2 Å². The van der Waals surface area contributed by atoms with Gasteiger partial charge in [-0.25, -0.2) is 4.79 Å². The van der Waals surface area contributed by atoms with Crippen LogP contribution in [0.5, 0.6) is 0 Å². The number of hydrogen-bond acceptors (Lipinski definition) is 4. The molecule has 7 heteroatoms. The lowest BCUT2D eigenvalue weighted by Crippen LogP contribution is -2.36. The summed E-state index contributed by atoms with van der Waals surface area (Å²) in [5.74, 6) is -1.12. The Kier molecular flexibility index (Phi) is 7.87. The van der Waals surface area contributed by atoms with E-state index in [9.17, 15) is 14.4 Å². The van der Waals surface area contributed by atoms with Gasteiger partial charge < -0.3 is 20.5 Å². The van der Waals surface area contributed by atoms with Crippen molar-refractivity contribution in [2.45, 2.75) is 45.1 Å². The van der Waals surface area contributed by atoms with Gasteiger partial charge in [0.1, 0.15) is 6.61 Å². The van der Waals surface area contributed by atoms with Crippen molar-refractivity contribution in [3.8, 4) is 11.1 Å². The third-order valence-electron chi connectivity index (χ3n) is 5.67. The Morgan fingerprint density at radius 1 is 1.00 bits per heavy atom. The maximum Gasteiger partial charge on any atom is 0.407 e. The SMILES string of the molecule is CC(CNC(=O)OCC1c2ccccc2-c2ccccc21)CC(=O)NC(C)CCC(=O)O. The number of ether oxygens (including phenoxy) is 1. The predicted molar refractivity (Wildman–Crippen MR) is 121 cm³/mol. The van der Waals surface area contributed by atoms with Crippen molar-refractivity contribution < 1.29 is 24.2 Å². The highest BCUT2D eigenvalue weighted by molar-refractivity contribution is 5.79. The van der Waals surface area contributed by atoms with Crippen LogP contribution in [0.15, 0.2) is 48.5 Å². The Hall–Kier alpha value is -3.35. The lowest BCUT2D eigenvalue weighted by molar-refractivity contribution is -0.137. The molecule has 3 rings (SSSR count). The summed E-state index contributed by atoms with van der Waals surface area (Å²) in [7, 11) is 0. The molecule has 0 fully saturated rings. The second-order valence-corrected chi connectivity index (χ2v) is 8.42. The Labute approximate surface area is 188 Å². The number of hydrogen-bond donors (Lipinski definition) is 3. The van der Waals surface area contributed by atoms with Gasteiger partial charge in [-0.15, -0.1) is 0 Å². The zero-order valence-electron chi connectivity index (χ0n) is 18.5. The van der Waals surface area contributed by atoms with Crippen LogP contribution in [-0.2, 0) is 14.3 Å². The van der Waals surface area contributed by atoms with Crippen LogP contribution in [0.25, 0.3) is 11.1 Å². The molecule has 0 saturated carbocycles. The van der Waals surface area contributed by atoms with Gasteiger partial charge in [0, 0.05) is 31.3 Å². The molecule has 0 bridgehead atoms. The zero-order valence-corrected chi connectivity index (χ0v) is 18.5. The van der Waals surface area contributed by atoms with E-state index in [1.807, 2.05) is 31.2 Å². The molecule has 0 heterocycles. The van der Waals surface area contributed by atoms with Crippen LogP contribution < -0.4 is 10.6 Å². The third-order valence-corrected chi connectivity index (χ3v) is 5.67. The topological polar surface area (TPSA) is 105 Å². The van der Waals surface area contributed by atoms with Crippen LogP contribution in [0.1, 0.15) is 50.2 Å². The minimum absolute atomic E-state index is 0.00337. The first-order valence-electron chi connectivity index (χ1n) is 10.9. The summed E-state index contributed by atoms with van der Waals surface area (Å²) in [6.45, 7) is 4.20. The number of aliphatic carboxylic acids is 1. The average molecular weight is 439 g/mol. The first-order valence-corrected chi connectivity index (χ1v) is 10.9. The first kappa shape index (κ1) is 23.3. The molecule has 2 unspecified atom stereocenters. The molecule has 1 aliphatic carbocycles. The lowest BCUT2D eigenvalue weighted by atomic mass is 9.98. The number of fused-ring (bicyclic) bond motifs is 3. The molecule has 0 saturated heterocycles. The second kappa shape index (κ2) is 10.8. The van der Waals surface area contributed by atoms with Crippen LogP contribution in [0.3, 0.4) is 0 Å². The van der Waals surface area contributed by atoms with E-state index in [4.69, 9.17) is 9.84 Å². The number of carbonyl (C=O) groups excluding carboxylic acids is 2. The van der Waals surface area contributed by atoms with Gasteiger partial charge in [-0.1, -0.05) is 55.5 Å². The minimum Gasteiger partial charge on any atom is -0.481 e. The van der Waals surface area contributed by atoms with Crippen LogP contribution >= 0.6 is 0 Å². The highest BCUT2D eigenvalue weighted by Crippen LogP contribution is 2.44. The minimum atomic E-state index is -0.883. The molecular weight excluding hydrogens is 408 g/mol. The van der Waals surface area contributed by atoms with Gasteiger partial charge >= 0.3 is 12.1 Å². The van der Waals surface area contributed by atoms with Crippen LogP contribution in [-0.4, -0.2) is 42.3 Å². The molecule has 7 nitrogen and oxygen atoms in total. The van der Waals surface area contributed by atoms with E-state index in [0.29, 0.717) is 13.0 Å². The van der Waals surface area contributed by atoms with Crippen molar-refractivity contribution in [1.29, 1.82) is 0 Å². The highest BCUT2D eigenvalue weighted by atomic mass is 16.5. The number of carbonyl (C=O) groups is 3. The Balaban J connectivity index is 1.43. The largest absolute Gasteiger partial charge is 0.481 e. The van der Waals surface area contributed by atoms with Crippen molar-refractivity contribution >= 4 is 18.0 Å². The zero-order chi connectivity index (χ0) is 23.1. The number of amides is 2. The fourth-order valence-corrected chi connectivity index (χ4v) is 4.04. The van der Waals surface area contributed by atoms with Crippen molar-refractivity contribution in [3.63, 3.8) is 0 Å². The number of carboxylic acids is 1. The van der Waals surface area contributed by atoms with Gasteiger partial charge in [-0.2, -0.15) is 0 Å². The smallest absolute Gasteiger partial charge is 0.407 e. The normalized spacial score (nSPS) is 14.1.